The molecule has 1 heterocycles. The lowest BCUT2D eigenvalue weighted by Gasteiger charge is -2.23. The zero-order valence-corrected chi connectivity index (χ0v) is 11.6. The summed E-state index contributed by atoms with van der Waals surface area (Å²) in [5.41, 5.74) is 0.293. The Kier molecular flexibility index (Phi) is 5.09. The molecule has 0 unspecified atom stereocenters. The molecule has 0 aliphatic rings. The van der Waals surface area contributed by atoms with E-state index in [1.807, 2.05) is 13.8 Å². The van der Waals surface area contributed by atoms with Crippen LogP contribution in [0, 0.1) is 5.41 Å². The molecule has 1 amide bonds. The van der Waals surface area contributed by atoms with Gasteiger partial charge in [0.25, 0.3) is 5.91 Å². The van der Waals surface area contributed by atoms with Crippen molar-refractivity contribution in [3.05, 3.63) is 18.0 Å². The summed E-state index contributed by atoms with van der Waals surface area (Å²) in [7, 11) is 1.76. The summed E-state index contributed by atoms with van der Waals surface area (Å²) < 4.78 is 1.58. The highest BCUT2D eigenvalue weighted by Crippen LogP contribution is 2.25. The predicted molar refractivity (Wildman–Crippen MR) is 70.8 cm³/mol. The first-order valence-electron chi connectivity index (χ1n) is 6.30. The van der Waals surface area contributed by atoms with Crippen molar-refractivity contribution >= 4 is 11.9 Å². The summed E-state index contributed by atoms with van der Waals surface area (Å²) in [6.07, 6.45) is 3.20. The first kappa shape index (κ1) is 15.2. The number of rotatable bonds is 7. The van der Waals surface area contributed by atoms with Gasteiger partial charge in [0.2, 0.25) is 0 Å². The second kappa shape index (κ2) is 6.36. The van der Waals surface area contributed by atoms with Gasteiger partial charge < -0.3 is 10.4 Å². The lowest BCUT2D eigenvalue weighted by atomic mass is 9.84. The van der Waals surface area contributed by atoms with Gasteiger partial charge in [-0.25, -0.2) is 0 Å². The Balaban J connectivity index is 2.33. The monoisotopic (exact) mass is 267 g/mol. The summed E-state index contributed by atoms with van der Waals surface area (Å²) >= 11 is 0. The molecule has 1 aromatic heterocycles. The molecule has 1 aromatic rings. The maximum Gasteiger partial charge on any atom is 0.303 e. The number of hydrogen-bond acceptors (Lipinski definition) is 3. The van der Waals surface area contributed by atoms with Crippen LogP contribution in [-0.4, -0.2) is 33.3 Å². The van der Waals surface area contributed by atoms with Gasteiger partial charge in [0.1, 0.15) is 5.69 Å². The second-order valence-electron chi connectivity index (χ2n) is 5.44. The fourth-order valence-electron chi connectivity index (χ4n) is 1.71. The predicted octanol–water partition coefficient (Wildman–Crippen LogP) is 1.43. The third-order valence-electron chi connectivity index (χ3n) is 3.05. The van der Waals surface area contributed by atoms with E-state index in [1.165, 1.54) is 0 Å². The molecule has 106 valence electrons. The molecule has 0 fully saturated rings. The quantitative estimate of drug-likeness (QED) is 0.782. The van der Waals surface area contributed by atoms with Crippen LogP contribution in [0.25, 0.3) is 0 Å². The molecule has 0 bridgehead atoms. The van der Waals surface area contributed by atoms with Gasteiger partial charge in [0, 0.05) is 26.2 Å². The molecule has 6 nitrogen and oxygen atoms in total. The zero-order chi connectivity index (χ0) is 14.5. The van der Waals surface area contributed by atoms with Crippen LogP contribution in [0.3, 0.4) is 0 Å². The van der Waals surface area contributed by atoms with Crippen LogP contribution >= 0.6 is 0 Å². The topological polar surface area (TPSA) is 84.2 Å². The van der Waals surface area contributed by atoms with Crippen molar-refractivity contribution in [2.45, 2.75) is 33.1 Å². The summed E-state index contributed by atoms with van der Waals surface area (Å²) in [5.74, 6) is -0.986. The molecule has 0 atom stereocenters. The summed E-state index contributed by atoms with van der Waals surface area (Å²) in [5, 5.41) is 15.5. The van der Waals surface area contributed by atoms with Crippen LogP contribution < -0.4 is 5.32 Å². The molecule has 0 radical (unpaired) electrons. The maximum atomic E-state index is 11.7. The summed E-state index contributed by atoms with van der Waals surface area (Å²) in [4.78, 5) is 22.3. The summed E-state index contributed by atoms with van der Waals surface area (Å²) in [6.45, 7) is 4.52. The fourth-order valence-corrected chi connectivity index (χ4v) is 1.71. The number of aryl methyl sites for hydroxylation is 1. The zero-order valence-electron chi connectivity index (χ0n) is 11.6. The smallest absolute Gasteiger partial charge is 0.303 e. The highest BCUT2D eigenvalue weighted by atomic mass is 16.4. The standard InChI is InChI=1S/C13H21N3O3/c1-13(2,6-4-11(17)18)7-8-14-12(19)10-5-9-16(3)15-10/h5,9H,4,6-8H2,1-3H3,(H,14,19)(H,17,18). The van der Waals surface area contributed by atoms with Crippen LogP contribution in [0.5, 0.6) is 0 Å². The third-order valence-corrected chi connectivity index (χ3v) is 3.05. The van der Waals surface area contributed by atoms with Crippen molar-refractivity contribution in [1.82, 2.24) is 15.1 Å². The Morgan fingerprint density at radius 2 is 2.11 bits per heavy atom. The Labute approximate surface area is 112 Å². The molecule has 0 spiro atoms. The van der Waals surface area contributed by atoms with Crippen LogP contribution in [-0.2, 0) is 11.8 Å². The first-order valence-corrected chi connectivity index (χ1v) is 6.30. The number of nitrogens with one attached hydrogen (secondary N) is 1. The number of carboxylic acids is 1. The molecular weight excluding hydrogens is 246 g/mol. The largest absolute Gasteiger partial charge is 0.481 e. The highest BCUT2D eigenvalue weighted by Gasteiger charge is 2.19. The fraction of sp³-hybridized carbons (Fsp3) is 0.615. The van der Waals surface area contributed by atoms with Crippen LogP contribution in [0.1, 0.15) is 43.6 Å². The van der Waals surface area contributed by atoms with Crippen molar-refractivity contribution in [2.24, 2.45) is 12.5 Å². The molecule has 0 aromatic carbocycles. The van der Waals surface area contributed by atoms with E-state index in [9.17, 15) is 9.59 Å². The van der Waals surface area contributed by atoms with Gasteiger partial charge in [0.05, 0.1) is 0 Å². The molecule has 0 aliphatic carbocycles. The molecular formula is C13H21N3O3. The molecule has 19 heavy (non-hydrogen) atoms. The Hall–Kier alpha value is -1.85. The van der Waals surface area contributed by atoms with Gasteiger partial charge >= 0.3 is 5.97 Å². The van der Waals surface area contributed by atoms with Gasteiger partial charge in [-0.3, -0.25) is 14.3 Å². The van der Waals surface area contributed by atoms with Crippen LogP contribution in [0.4, 0.5) is 0 Å². The van der Waals surface area contributed by atoms with Crippen molar-refractivity contribution < 1.29 is 14.7 Å². The molecule has 0 aliphatic heterocycles. The van der Waals surface area contributed by atoms with Gasteiger partial charge in [0.15, 0.2) is 0 Å². The number of carbonyl (C=O) groups is 2. The maximum absolute atomic E-state index is 11.7. The Morgan fingerprint density at radius 1 is 1.42 bits per heavy atom. The number of amides is 1. The van der Waals surface area contributed by atoms with Gasteiger partial charge in [-0.1, -0.05) is 13.8 Å². The van der Waals surface area contributed by atoms with Crippen LogP contribution in [0.2, 0.25) is 0 Å². The van der Waals surface area contributed by atoms with Crippen LogP contribution in [0.15, 0.2) is 12.3 Å². The average Bonchev–Trinajstić information content (AvgIpc) is 2.73. The number of nitrogens with zero attached hydrogens (tertiary/aromatic N) is 2. The van der Waals surface area contributed by atoms with E-state index in [-0.39, 0.29) is 17.7 Å². The number of carboxylic acid groups (broad SMARTS) is 1. The molecule has 2 N–H and O–H groups in total. The number of aromatic nitrogens is 2. The molecule has 6 heteroatoms. The van der Waals surface area contributed by atoms with Crippen molar-refractivity contribution in [3.63, 3.8) is 0 Å². The number of aliphatic carboxylic acids is 1. The Morgan fingerprint density at radius 3 is 2.63 bits per heavy atom. The third kappa shape index (κ3) is 5.54. The summed E-state index contributed by atoms with van der Waals surface area (Å²) in [6, 6.07) is 1.66. The van der Waals surface area contributed by atoms with E-state index < -0.39 is 5.97 Å². The minimum absolute atomic E-state index is 0.101. The SMILES string of the molecule is Cn1ccc(C(=O)NCCC(C)(C)CCC(=O)O)n1. The van der Waals surface area contributed by atoms with Crippen molar-refractivity contribution in [2.75, 3.05) is 6.54 Å². The van der Waals surface area contributed by atoms with Gasteiger partial charge in [-0.15, -0.1) is 0 Å². The second-order valence-corrected chi connectivity index (χ2v) is 5.44. The average molecular weight is 267 g/mol. The number of hydrogen-bond donors (Lipinski definition) is 2. The van der Waals surface area contributed by atoms with Gasteiger partial charge in [-0.2, -0.15) is 5.10 Å². The van der Waals surface area contributed by atoms with Crippen molar-refractivity contribution in [1.29, 1.82) is 0 Å². The van der Waals surface area contributed by atoms with E-state index in [4.69, 9.17) is 5.11 Å². The van der Waals surface area contributed by atoms with E-state index in [0.29, 0.717) is 18.7 Å². The molecule has 0 saturated heterocycles. The Bertz CT molecular complexity index is 452. The van der Waals surface area contributed by atoms with Gasteiger partial charge in [-0.05, 0) is 24.3 Å². The number of carbonyl (C=O) groups excluding carboxylic acids is 1. The first-order chi connectivity index (χ1) is 8.80. The van der Waals surface area contributed by atoms with E-state index in [0.717, 1.165) is 6.42 Å². The van der Waals surface area contributed by atoms with E-state index >= 15 is 0 Å². The van der Waals surface area contributed by atoms with E-state index in [1.54, 1.807) is 24.0 Å². The van der Waals surface area contributed by atoms with Crippen molar-refractivity contribution in [3.8, 4) is 0 Å². The lowest BCUT2D eigenvalue weighted by Crippen LogP contribution is -2.28. The highest BCUT2D eigenvalue weighted by molar-refractivity contribution is 5.92. The minimum Gasteiger partial charge on any atom is -0.481 e. The lowest BCUT2D eigenvalue weighted by molar-refractivity contribution is -0.137. The molecule has 0 saturated carbocycles. The molecule has 1 rings (SSSR count). The minimum atomic E-state index is -0.786. The van der Waals surface area contributed by atoms with E-state index in [2.05, 4.69) is 10.4 Å². The normalized spacial score (nSPS) is 11.3.